The molecule has 1 aliphatic heterocycles. The molecular formula is C28H20ClN7O3S. The molecule has 0 saturated heterocycles. The van der Waals surface area contributed by atoms with Gasteiger partial charge in [-0.1, -0.05) is 23.7 Å². The zero-order valence-electron chi connectivity index (χ0n) is 20.8. The summed E-state index contributed by atoms with van der Waals surface area (Å²) < 4.78 is 4.36. The summed E-state index contributed by atoms with van der Waals surface area (Å²) in [7, 11) is 0. The Kier molecular flexibility index (Phi) is 5.83. The standard InChI is InChI=1S/C28H20ClN7O3S/c29-18-2-5-23(35-14-31-33-34-35)21(11-18)16-7-19-3-6-24(36(19)26(37)9-16)28-30-12-22(32-28)15-1-4-20-17(10-27(38)39)13-40-25(20)8-15/h1-2,4-5,7-9,11-14,24H,3,6,10H2,(H,30,32)(H,38,39)/t24-/m0/s1. The van der Waals surface area contributed by atoms with E-state index in [0.717, 1.165) is 68.1 Å². The van der Waals surface area contributed by atoms with E-state index in [4.69, 9.17) is 16.7 Å². The number of aromatic nitrogens is 7. The van der Waals surface area contributed by atoms with Crippen molar-refractivity contribution in [1.82, 2.24) is 34.7 Å². The second-order valence-corrected chi connectivity index (χ2v) is 11.0. The second kappa shape index (κ2) is 9.54. The third-order valence-corrected chi connectivity index (χ3v) is 8.45. The molecule has 2 aromatic carbocycles. The van der Waals surface area contributed by atoms with Crippen LogP contribution in [0.2, 0.25) is 5.02 Å². The number of aromatic amines is 1. The number of nitrogens with one attached hydrogen (secondary N) is 1. The first-order valence-corrected chi connectivity index (χ1v) is 13.8. The van der Waals surface area contributed by atoms with E-state index in [-0.39, 0.29) is 18.0 Å². The van der Waals surface area contributed by atoms with Crippen LogP contribution in [0.15, 0.2) is 71.2 Å². The van der Waals surface area contributed by atoms with Crippen molar-refractivity contribution in [1.29, 1.82) is 0 Å². The normalized spacial score (nSPS) is 14.6. The molecule has 1 atom stereocenters. The highest BCUT2D eigenvalue weighted by atomic mass is 35.5. The first-order chi connectivity index (χ1) is 19.4. The molecule has 0 saturated carbocycles. The number of carbonyl (C=O) groups is 1. The molecule has 0 unspecified atom stereocenters. The number of imidazole rings is 1. The Balaban J connectivity index is 1.21. The van der Waals surface area contributed by atoms with Gasteiger partial charge in [-0.2, -0.15) is 4.68 Å². The SMILES string of the molecule is O=C(O)Cc1csc2cc(-c3cnc([C@@H]4CCc5cc(-c6cc(Cl)ccc6-n6cnnn6)cc(=O)n54)[nH]3)ccc12. The van der Waals surface area contributed by atoms with Gasteiger partial charge in [0.05, 0.1) is 30.0 Å². The van der Waals surface area contributed by atoms with Crippen molar-refractivity contribution in [2.24, 2.45) is 0 Å². The van der Waals surface area contributed by atoms with Crippen LogP contribution in [0.3, 0.4) is 0 Å². The van der Waals surface area contributed by atoms with Crippen LogP contribution in [0.5, 0.6) is 0 Å². The number of fused-ring (bicyclic) bond motifs is 2. The van der Waals surface area contributed by atoms with Gasteiger partial charge in [0.25, 0.3) is 5.56 Å². The smallest absolute Gasteiger partial charge is 0.307 e. The summed E-state index contributed by atoms with van der Waals surface area (Å²) in [6.07, 6.45) is 4.75. The Bertz CT molecular complexity index is 1980. The van der Waals surface area contributed by atoms with E-state index >= 15 is 0 Å². The van der Waals surface area contributed by atoms with Crippen LogP contribution in [0.4, 0.5) is 0 Å². The summed E-state index contributed by atoms with van der Waals surface area (Å²) in [5.74, 6) is -0.125. The average Bonchev–Trinajstić information content (AvgIpc) is 3.75. The Morgan fingerprint density at radius 1 is 1.15 bits per heavy atom. The molecule has 0 spiro atoms. The number of carboxylic acids is 1. The minimum atomic E-state index is -0.846. The molecule has 12 heteroatoms. The maximum atomic E-state index is 13.5. The number of pyridine rings is 1. The molecule has 0 bridgehead atoms. The van der Waals surface area contributed by atoms with Crippen molar-refractivity contribution in [2.45, 2.75) is 25.3 Å². The van der Waals surface area contributed by atoms with Gasteiger partial charge >= 0.3 is 5.97 Å². The third-order valence-electron chi connectivity index (χ3n) is 7.22. The van der Waals surface area contributed by atoms with Crippen LogP contribution < -0.4 is 5.56 Å². The number of nitrogens with zero attached hydrogens (tertiary/aromatic N) is 6. The quantitative estimate of drug-likeness (QED) is 0.291. The fourth-order valence-electron chi connectivity index (χ4n) is 5.42. The predicted molar refractivity (Wildman–Crippen MR) is 151 cm³/mol. The highest BCUT2D eigenvalue weighted by Crippen LogP contribution is 2.35. The lowest BCUT2D eigenvalue weighted by atomic mass is 10.0. The molecule has 0 amide bonds. The van der Waals surface area contributed by atoms with Crippen LogP contribution in [0.25, 0.3) is 38.2 Å². The molecular weight excluding hydrogens is 550 g/mol. The van der Waals surface area contributed by atoms with Crippen molar-refractivity contribution in [3.8, 4) is 28.1 Å². The lowest BCUT2D eigenvalue weighted by Crippen LogP contribution is -2.23. The number of carboxylic acid groups (broad SMARTS) is 1. The summed E-state index contributed by atoms with van der Waals surface area (Å²) in [5.41, 5.74) is 5.63. The van der Waals surface area contributed by atoms with Gasteiger partial charge < -0.3 is 14.7 Å². The van der Waals surface area contributed by atoms with E-state index in [1.807, 2.05) is 41.8 Å². The number of benzene rings is 2. The predicted octanol–water partition coefficient (Wildman–Crippen LogP) is 4.91. The number of thiophene rings is 1. The number of rotatable bonds is 6. The number of tetrazole rings is 1. The van der Waals surface area contributed by atoms with Gasteiger partial charge in [-0.25, -0.2) is 4.98 Å². The first kappa shape index (κ1) is 24.4. The lowest BCUT2D eigenvalue weighted by molar-refractivity contribution is -0.136. The van der Waals surface area contributed by atoms with Crippen LogP contribution in [0.1, 0.15) is 29.5 Å². The van der Waals surface area contributed by atoms with Crippen molar-refractivity contribution in [2.75, 3.05) is 0 Å². The maximum absolute atomic E-state index is 13.5. The summed E-state index contributed by atoms with van der Waals surface area (Å²) in [5, 5.41) is 24.0. The monoisotopic (exact) mass is 569 g/mol. The van der Waals surface area contributed by atoms with Gasteiger partial charge in [0.2, 0.25) is 0 Å². The molecule has 0 radical (unpaired) electrons. The fraction of sp³-hybridized carbons (Fsp3) is 0.143. The van der Waals surface area contributed by atoms with E-state index in [2.05, 4.69) is 25.5 Å². The van der Waals surface area contributed by atoms with E-state index in [1.165, 1.54) is 17.7 Å². The zero-order chi connectivity index (χ0) is 27.4. The highest BCUT2D eigenvalue weighted by molar-refractivity contribution is 7.17. The number of aryl methyl sites for hydroxylation is 1. The Hall–Kier alpha value is -4.61. The number of H-pyrrole nitrogens is 1. The molecule has 0 aliphatic carbocycles. The molecule has 4 aromatic heterocycles. The number of hydrogen-bond acceptors (Lipinski definition) is 7. The molecule has 5 heterocycles. The van der Waals surface area contributed by atoms with Gasteiger partial charge in [0, 0.05) is 32.6 Å². The van der Waals surface area contributed by atoms with E-state index in [9.17, 15) is 9.59 Å². The van der Waals surface area contributed by atoms with Gasteiger partial charge in [0.15, 0.2) is 0 Å². The van der Waals surface area contributed by atoms with Crippen molar-refractivity contribution < 1.29 is 9.90 Å². The minimum absolute atomic E-state index is 0.00138. The lowest BCUT2D eigenvalue weighted by Gasteiger charge is -2.15. The third kappa shape index (κ3) is 4.19. The van der Waals surface area contributed by atoms with Gasteiger partial charge in [-0.3, -0.25) is 9.59 Å². The van der Waals surface area contributed by atoms with Gasteiger partial charge in [0.1, 0.15) is 12.2 Å². The van der Waals surface area contributed by atoms with E-state index in [0.29, 0.717) is 5.02 Å². The molecule has 6 aromatic rings. The minimum Gasteiger partial charge on any atom is -0.481 e. The molecule has 0 fully saturated rings. The second-order valence-electron chi connectivity index (χ2n) is 9.64. The molecule has 10 nitrogen and oxygen atoms in total. The van der Waals surface area contributed by atoms with E-state index in [1.54, 1.807) is 27.6 Å². The molecule has 2 N–H and O–H groups in total. The van der Waals surface area contributed by atoms with Crippen LogP contribution in [-0.2, 0) is 17.6 Å². The summed E-state index contributed by atoms with van der Waals surface area (Å²) in [6, 6.07) is 14.8. The topological polar surface area (TPSA) is 132 Å². The fourth-order valence-corrected chi connectivity index (χ4v) is 6.60. The largest absolute Gasteiger partial charge is 0.481 e. The summed E-state index contributed by atoms with van der Waals surface area (Å²) in [4.78, 5) is 32.7. The van der Waals surface area contributed by atoms with Crippen LogP contribution >= 0.6 is 22.9 Å². The number of hydrogen-bond donors (Lipinski definition) is 2. The molecule has 40 heavy (non-hydrogen) atoms. The summed E-state index contributed by atoms with van der Waals surface area (Å²) >= 11 is 7.84. The number of aliphatic carboxylic acids is 1. The molecule has 198 valence electrons. The molecule has 1 aliphatic rings. The average molecular weight is 570 g/mol. The first-order valence-electron chi connectivity index (χ1n) is 12.5. The number of halogens is 1. The Morgan fingerprint density at radius 3 is 2.88 bits per heavy atom. The van der Waals surface area contributed by atoms with Crippen LogP contribution in [-0.4, -0.2) is 45.8 Å². The van der Waals surface area contributed by atoms with Crippen molar-refractivity contribution in [3.05, 3.63) is 98.9 Å². The Morgan fingerprint density at radius 2 is 2.05 bits per heavy atom. The zero-order valence-corrected chi connectivity index (χ0v) is 22.4. The van der Waals surface area contributed by atoms with Gasteiger partial charge in [-0.15, -0.1) is 16.4 Å². The van der Waals surface area contributed by atoms with Crippen molar-refractivity contribution >= 4 is 39.0 Å². The van der Waals surface area contributed by atoms with Crippen LogP contribution in [0, 0.1) is 0 Å². The van der Waals surface area contributed by atoms with Crippen molar-refractivity contribution in [3.63, 3.8) is 0 Å². The van der Waals surface area contributed by atoms with Gasteiger partial charge in [-0.05, 0) is 75.5 Å². The maximum Gasteiger partial charge on any atom is 0.307 e. The van der Waals surface area contributed by atoms with E-state index < -0.39 is 5.97 Å². The Labute approximate surface area is 235 Å². The highest BCUT2D eigenvalue weighted by Gasteiger charge is 2.28. The summed E-state index contributed by atoms with van der Waals surface area (Å²) in [6.45, 7) is 0. The molecule has 7 rings (SSSR count).